The van der Waals surface area contributed by atoms with Crippen LogP contribution in [0.2, 0.25) is 0 Å². The molecule has 4 rings (SSSR count). The molecule has 2 aromatic carbocycles. The zero-order valence-electron chi connectivity index (χ0n) is 22.0. The minimum absolute atomic E-state index is 0.0464. The Kier molecular flexibility index (Phi) is 9.40. The summed E-state index contributed by atoms with van der Waals surface area (Å²) < 4.78 is 26.6. The molecule has 37 heavy (non-hydrogen) atoms. The quantitative estimate of drug-likeness (QED) is 0.384. The summed E-state index contributed by atoms with van der Waals surface area (Å²) in [6, 6.07) is 12.1. The highest BCUT2D eigenvalue weighted by molar-refractivity contribution is 5.74. The van der Waals surface area contributed by atoms with Gasteiger partial charge in [-0.25, -0.2) is 9.18 Å². The number of rotatable bonds is 11. The number of urea groups is 1. The predicted molar refractivity (Wildman–Crippen MR) is 141 cm³/mol. The lowest BCUT2D eigenvalue weighted by Crippen LogP contribution is -2.53. The van der Waals surface area contributed by atoms with Gasteiger partial charge in [-0.3, -0.25) is 0 Å². The molecule has 0 bridgehead atoms. The second-order valence-electron chi connectivity index (χ2n) is 10.4. The number of halogens is 1. The number of hydrogen-bond donors (Lipinski definition) is 3. The summed E-state index contributed by atoms with van der Waals surface area (Å²) in [5, 5.41) is 18.6. The molecule has 0 aliphatic carbocycles. The molecule has 0 radical (unpaired) electrons. The topological polar surface area (TPSA) is 83.1 Å². The van der Waals surface area contributed by atoms with Gasteiger partial charge in [0.05, 0.1) is 5.60 Å². The van der Waals surface area contributed by atoms with E-state index in [-0.39, 0.29) is 17.7 Å². The van der Waals surface area contributed by atoms with Gasteiger partial charge in [0.2, 0.25) is 0 Å². The lowest BCUT2D eigenvalue weighted by Gasteiger charge is -2.43. The van der Waals surface area contributed by atoms with E-state index in [9.17, 15) is 9.90 Å². The Morgan fingerprint density at radius 3 is 2.76 bits per heavy atom. The summed E-state index contributed by atoms with van der Waals surface area (Å²) in [6.07, 6.45) is 3.39. The van der Waals surface area contributed by atoms with Crippen LogP contribution in [0.3, 0.4) is 0 Å². The van der Waals surface area contributed by atoms with Crippen LogP contribution in [0.25, 0.3) is 0 Å². The van der Waals surface area contributed by atoms with Gasteiger partial charge < -0.3 is 30.1 Å². The zero-order chi connectivity index (χ0) is 26.3. The summed E-state index contributed by atoms with van der Waals surface area (Å²) in [5.41, 5.74) is -0.0616. The lowest BCUT2D eigenvalue weighted by molar-refractivity contribution is -0.0577. The van der Waals surface area contributed by atoms with E-state index >= 15 is 4.39 Å². The third kappa shape index (κ3) is 6.61. The van der Waals surface area contributed by atoms with E-state index in [1.54, 1.807) is 30.2 Å². The average Bonchev–Trinajstić information content (AvgIpc) is 2.88. The number of hydrogen-bond acceptors (Lipinski definition) is 5. The molecule has 202 valence electrons. The third-order valence-electron chi connectivity index (χ3n) is 7.69. The third-order valence-corrected chi connectivity index (χ3v) is 7.69. The average molecular weight is 514 g/mol. The molecular weight excluding hydrogens is 473 g/mol. The van der Waals surface area contributed by atoms with Crippen LogP contribution in [0.15, 0.2) is 42.5 Å². The van der Waals surface area contributed by atoms with Crippen molar-refractivity contribution in [2.45, 2.75) is 44.6 Å². The molecule has 2 saturated heterocycles. The van der Waals surface area contributed by atoms with E-state index in [0.29, 0.717) is 56.3 Å². The number of likely N-dealkylation sites (tertiary alicyclic amines) is 1. The monoisotopic (exact) mass is 513 g/mol. The summed E-state index contributed by atoms with van der Waals surface area (Å²) in [5.74, 6) is 0.281. The second-order valence-corrected chi connectivity index (χ2v) is 10.4. The highest BCUT2D eigenvalue weighted by Crippen LogP contribution is 2.45. The van der Waals surface area contributed by atoms with Gasteiger partial charge in [0.25, 0.3) is 0 Å². The van der Waals surface area contributed by atoms with Gasteiger partial charge in [-0.2, -0.15) is 0 Å². The number of nitrogens with zero attached hydrogens (tertiary/aromatic N) is 1. The van der Waals surface area contributed by atoms with Gasteiger partial charge in [-0.15, -0.1) is 0 Å². The Morgan fingerprint density at radius 1 is 1.22 bits per heavy atom. The fourth-order valence-corrected chi connectivity index (χ4v) is 5.32. The van der Waals surface area contributed by atoms with Crippen LogP contribution in [0.1, 0.15) is 43.2 Å². The highest BCUT2D eigenvalue weighted by atomic mass is 19.1. The maximum Gasteiger partial charge on any atom is 0.317 e. The van der Waals surface area contributed by atoms with Gasteiger partial charge in [0.15, 0.2) is 11.6 Å². The molecule has 2 aliphatic rings. The van der Waals surface area contributed by atoms with Crippen molar-refractivity contribution in [2.24, 2.45) is 11.8 Å². The largest absolute Gasteiger partial charge is 0.454 e. The van der Waals surface area contributed by atoms with Gasteiger partial charge in [0, 0.05) is 63.8 Å². The van der Waals surface area contributed by atoms with Crippen molar-refractivity contribution in [3.8, 4) is 11.5 Å². The summed E-state index contributed by atoms with van der Waals surface area (Å²) in [7, 11) is 1.66. The number of nitrogens with one attached hydrogen (secondary N) is 2. The number of methoxy groups -OCH3 is 1. The molecule has 3 N–H and O–H groups in total. The number of ether oxygens (including phenoxy) is 2. The number of aryl methyl sites for hydroxylation is 1. The molecule has 2 heterocycles. The lowest BCUT2D eigenvalue weighted by atomic mass is 9.73. The molecular formula is C29H40FN3O4. The molecule has 2 fully saturated rings. The zero-order valence-corrected chi connectivity index (χ0v) is 22.0. The van der Waals surface area contributed by atoms with Crippen LogP contribution in [0.4, 0.5) is 9.18 Å². The van der Waals surface area contributed by atoms with E-state index in [0.717, 1.165) is 37.9 Å². The van der Waals surface area contributed by atoms with Gasteiger partial charge >= 0.3 is 6.03 Å². The van der Waals surface area contributed by atoms with Gasteiger partial charge in [0.1, 0.15) is 5.75 Å². The highest BCUT2D eigenvalue weighted by Gasteiger charge is 2.43. The van der Waals surface area contributed by atoms with Crippen molar-refractivity contribution in [1.29, 1.82) is 0 Å². The Hall–Kier alpha value is -2.68. The minimum Gasteiger partial charge on any atom is -0.454 e. The molecule has 0 saturated carbocycles. The van der Waals surface area contributed by atoms with Crippen molar-refractivity contribution in [2.75, 3.05) is 46.4 Å². The molecule has 2 amide bonds. The first kappa shape index (κ1) is 27.4. The fraction of sp³-hybridized carbons (Fsp3) is 0.552. The molecule has 0 aromatic heterocycles. The Bertz CT molecular complexity index is 1050. The number of amides is 2. The number of aliphatic hydroxyl groups is 1. The number of unbranched alkanes of at least 4 members (excludes halogenated alkanes) is 1. The summed E-state index contributed by atoms with van der Waals surface area (Å²) in [4.78, 5) is 14.8. The fourth-order valence-electron chi connectivity index (χ4n) is 5.32. The van der Waals surface area contributed by atoms with Crippen LogP contribution in [-0.2, 0) is 10.3 Å². The van der Waals surface area contributed by atoms with Crippen molar-refractivity contribution in [3.05, 3.63) is 59.4 Å². The molecule has 8 heteroatoms. The van der Waals surface area contributed by atoms with E-state index in [1.807, 2.05) is 25.1 Å². The smallest absolute Gasteiger partial charge is 0.317 e. The first-order chi connectivity index (χ1) is 17.9. The number of para-hydroxylation sites is 2. The van der Waals surface area contributed by atoms with Crippen molar-refractivity contribution in [3.63, 3.8) is 0 Å². The summed E-state index contributed by atoms with van der Waals surface area (Å²) >= 11 is 0. The van der Waals surface area contributed by atoms with E-state index in [4.69, 9.17) is 9.47 Å². The molecule has 2 aliphatic heterocycles. The van der Waals surface area contributed by atoms with Crippen LogP contribution < -0.4 is 15.4 Å². The Labute approximate surface area is 219 Å². The number of benzene rings is 2. The molecule has 7 nitrogen and oxygen atoms in total. The van der Waals surface area contributed by atoms with Crippen molar-refractivity contribution >= 4 is 6.03 Å². The SMILES string of the molecule is COCCCC[C@@](O)(c1cccc(F)c1Oc1ccccc1C)[C@@H]1CCCN(C(=O)NCC2CNC2)C1. The van der Waals surface area contributed by atoms with Crippen LogP contribution >= 0.6 is 0 Å². The number of carbonyl (C=O) groups excluding carboxylic acids is 1. The van der Waals surface area contributed by atoms with Crippen molar-refractivity contribution < 1.29 is 23.8 Å². The second kappa shape index (κ2) is 12.7. The number of carbonyl (C=O) groups is 1. The standard InChI is InChI=1S/C29H40FN3O4/c1-21-9-3-4-13-26(21)37-27-24(11-7-12-25(27)30)29(35,14-5-6-16-36-2)23-10-8-15-33(20-23)28(34)32-19-22-17-31-18-22/h3-4,7,9,11-13,22-23,31,35H,5-6,8,10,14-20H2,1-2H3,(H,32,34)/t23-,29+/m1/s1. The molecule has 2 aromatic rings. The first-order valence-corrected chi connectivity index (χ1v) is 13.4. The molecule has 2 atom stereocenters. The van der Waals surface area contributed by atoms with Crippen molar-refractivity contribution in [1.82, 2.24) is 15.5 Å². The van der Waals surface area contributed by atoms with E-state index in [1.165, 1.54) is 6.07 Å². The summed E-state index contributed by atoms with van der Waals surface area (Å²) in [6.45, 7) is 6.02. The molecule has 0 spiro atoms. The minimum atomic E-state index is -1.37. The molecule has 0 unspecified atom stereocenters. The Morgan fingerprint density at radius 2 is 2.03 bits per heavy atom. The normalized spacial score (nSPS) is 19.7. The van der Waals surface area contributed by atoms with E-state index in [2.05, 4.69) is 10.6 Å². The van der Waals surface area contributed by atoms with Crippen LogP contribution in [0.5, 0.6) is 11.5 Å². The maximum atomic E-state index is 15.3. The van der Waals surface area contributed by atoms with E-state index < -0.39 is 11.4 Å². The van der Waals surface area contributed by atoms with Gasteiger partial charge in [-0.05, 0) is 56.7 Å². The maximum absolute atomic E-state index is 15.3. The van der Waals surface area contributed by atoms with Gasteiger partial charge in [-0.1, -0.05) is 30.3 Å². The first-order valence-electron chi connectivity index (χ1n) is 13.4. The van der Waals surface area contributed by atoms with Crippen LogP contribution in [-0.4, -0.2) is 62.5 Å². The number of piperidine rings is 1. The predicted octanol–water partition coefficient (Wildman–Crippen LogP) is 4.57. The Balaban J connectivity index is 1.60. The van der Waals surface area contributed by atoms with Crippen LogP contribution in [0, 0.1) is 24.6 Å².